The second-order valence-electron chi connectivity index (χ2n) is 5.62. The summed E-state index contributed by atoms with van der Waals surface area (Å²) < 4.78 is 7.07. The number of furan rings is 1. The molecule has 0 aliphatic heterocycles. The van der Waals surface area contributed by atoms with Crippen molar-refractivity contribution in [1.29, 1.82) is 0 Å². The molecule has 0 saturated carbocycles. The van der Waals surface area contributed by atoms with Crippen molar-refractivity contribution in [3.63, 3.8) is 0 Å². The number of non-ortho nitro benzene ring substituents is 1. The van der Waals surface area contributed by atoms with Crippen LogP contribution in [-0.4, -0.2) is 19.5 Å². The third-order valence-electron chi connectivity index (χ3n) is 3.78. The molecule has 0 saturated heterocycles. The highest BCUT2D eigenvalue weighted by Crippen LogP contribution is 2.25. The maximum Gasteiger partial charge on any atom is 0.295 e. The molecule has 0 radical (unpaired) electrons. The number of nitro groups is 1. The summed E-state index contributed by atoms with van der Waals surface area (Å²) in [6.45, 7) is 1.49. The Balaban J connectivity index is 1.78. The maximum atomic E-state index is 12.4. The van der Waals surface area contributed by atoms with Crippen molar-refractivity contribution < 1.29 is 9.34 Å². The van der Waals surface area contributed by atoms with Crippen molar-refractivity contribution in [2.24, 2.45) is 0 Å². The van der Waals surface area contributed by atoms with Crippen LogP contribution in [0.2, 0.25) is 0 Å². The summed E-state index contributed by atoms with van der Waals surface area (Å²) in [4.78, 5) is 38.4. The van der Waals surface area contributed by atoms with E-state index in [0.717, 1.165) is 15.9 Å². The van der Waals surface area contributed by atoms with Gasteiger partial charge in [-0.1, -0.05) is 23.5 Å². The topological polar surface area (TPSA) is 121 Å². The van der Waals surface area contributed by atoms with E-state index in [4.69, 9.17) is 4.42 Å². The number of nitro benzene ring substituents is 1. The first-order valence-corrected chi connectivity index (χ1v) is 8.51. The fourth-order valence-corrected chi connectivity index (χ4v) is 3.36. The van der Waals surface area contributed by atoms with Crippen LogP contribution in [-0.2, 0) is 0 Å². The molecule has 9 nitrogen and oxygen atoms in total. The zero-order chi connectivity index (χ0) is 19.1. The van der Waals surface area contributed by atoms with Gasteiger partial charge in [-0.3, -0.25) is 19.7 Å². The van der Waals surface area contributed by atoms with Gasteiger partial charge in [-0.25, -0.2) is 0 Å². The van der Waals surface area contributed by atoms with Gasteiger partial charge in [0.25, 0.3) is 16.8 Å². The van der Waals surface area contributed by atoms with Crippen molar-refractivity contribution in [1.82, 2.24) is 14.6 Å². The Labute approximate surface area is 154 Å². The average molecular weight is 382 g/mol. The number of rotatable bonds is 3. The predicted molar refractivity (Wildman–Crippen MR) is 97.7 cm³/mol. The molecule has 10 heteroatoms. The molecule has 3 aromatic heterocycles. The molecule has 0 aliphatic carbocycles. The number of thiazole rings is 1. The van der Waals surface area contributed by atoms with Crippen molar-refractivity contribution in [3.8, 4) is 11.3 Å². The van der Waals surface area contributed by atoms with E-state index in [1.54, 1.807) is 24.3 Å². The fourth-order valence-electron chi connectivity index (χ4n) is 2.47. The number of nitrogens with zero attached hydrogens (tertiary/aromatic N) is 4. The molecule has 0 bridgehead atoms. The lowest BCUT2D eigenvalue weighted by Gasteiger charge is -1.96. The second-order valence-corrected chi connectivity index (χ2v) is 6.63. The lowest BCUT2D eigenvalue weighted by atomic mass is 10.1. The van der Waals surface area contributed by atoms with Gasteiger partial charge in [-0.05, 0) is 19.1 Å². The predicted octanol–water partition coefficient (Wildman–Crippen LogP) is 1.54. The lowest BCUT2D eigenvalue weighted by Crippen LogP contribution is -2.27. The van der Waals surface area contributed by atoms with Crippen LogP contribution in [0.3, 0.4) is 0 Å². The summed E-state index contributed by atoms with van der Waals surface area (Å²) in [5.41, 5.74) is -0.238. The summed E-state index contributed by atoms with van der Waals surface area (Å²) >= 11 is 1.03. The van der Waals surface area contributed by atoms with E-state index in [9.17, 15) is 19.7 Å². The van der Waals surface area contributed by atoms with Crippen molar-refractivity contribution >= 4 is 28.1 Å². The van der Waals surface area contributed by atoms with E-state index in [-0.39, 0.29) is 16.3 Å². The molecule has 27 heavy (non-hydrogen) atoms. The molecule has 0 aliphatic rings. The lowest BCUT2D eigenvalue weighted by molar-refractivity contribution is -0.384. The van der Waals surface area contributed by atoms with Crippen molar-refractivity contribution in [2.75, 3.05) is 0 Å². The molecule has 1 aromatic carbocycles. The molecule has 0 spiro atoms. The first kappa shape index (κ1) is 16.8. The van der Waals surface area contributed by atoms with Crippen molar-refractivity contribution in [2.45, 2.75) is 6.92 Å². The number of fused-ring (bicyclic) bond motifs is 1. The van der Waals surface area contributed by atoms with Crippen LogP contribution < -0.4 is 15.7 Å². The molecule has 0 amide bonds. The van der Waals surface area contributed by atoms with Crippen molar-refractivity contribution in [3.05, 3.63) is 83.2 Å². The molecular formula is C17H10N4O5S. The molecular weight excluding hydrogens is 372 g/mol. The minimum atomic E-state index is -0.482. The van der Waals surface area contributed by atoms with Gasteiger partial charge in [0.15, 0.2) is 0 Å². The first-order valence-electron chi connectivity index (χ1n) is 7.69. The Morgan fingerprint density at radius 1 is 1.26 bits per heavy atom. The summed E-state index contributed by atoms with van der Waals surface area (Å²) in [7, 11) is 0. The van der Waals surface area contributed by atoms with E-state index in [1.807, 2.05) is 0 Å². The largest absolute Gasteiger partial charge is 0.457 e. The molecule has 0 N–H and O–H groups in total. The van der Waals surface area contributed by atoms with E-state index in [1.165, 1.54) is 25.1 Å². The fraction of sp³-hybridized carbons (Fsp3) is 0.0588. The zero-order valence-corrected chi connectivity index (χ0v) is 14.6. The Bertz CT molecular complexity index is 1370. The summed E-state index contributed by atoms with van der Waals surface area (Å²) in [6, 6.07) is 9.36. The van der Waals surface area contributed by atoms with Gasteiger partial charge in [0, 0.05) is 23.8 Å². The Hall–Kier alpha value is -3.66. The number of benzene rings is 1. The third-order valence-corrected chi connectivity index (χ3v) is 4.74. The number of aryl methyl sites for hydroxylation is 1. The van der Waals surface area contributed by atoms with Gasteiger partial charge < -0.3 is 4.42 Å². The third kappa shape index (κ3) is 3.02. The highest BCUT2D eigenvalue weighted by molar-refractivity contribution is 7.15. The van der Waals surface area contributed by atoms with Crippen LogP contribution in [0, 0.1) is 17.0 Å². The maximum absolute atomic E-state index is 12.4. The van der Waals surface area contributed by atoms with Crippen LogP contribution in [0.15, 0.2) is 50.4 Å². The minimum Gasteiger partial charge on any atom is -0.457 e. The average Bonchev–Trinajstić information content (AvgIpc) is 3.22. The van der Waals surface area contributed by atoms with Crippen LogP contribution in [0.25, 0.3) is 22.4 Å². The molecule has 4 aromatic rings. The van der Waals surface area contributed by atoms with Crippen LogP contribution in [0.1, 0.15) is 11.5 Å². The Kier molecular flexibility index (Phi) is 3.89. The molecule has 0 unspecified atom stereocenters. The van der Waals surface area contributed by atoms with Crippen LogP contribution >= 0.6 is 11.3 Å². The standard InChI is InChI=1S/C17H10N4O5S/c1-9-15(22)18-17-20(19-9)16(23)14(27-17)8-12-5-6-13(26-12)10-3-2-4-11(7-10)21(24)25/h2-8H,1H3/b14-8-. The molecule has 0 atom stereocenters. The molecule has 134 valence electrons. The van der Waals surface area contributed by atoms with Gasteiger partial charge >= 0.3 is 0 Å². The van der Waals surface area contributed by atoms with E-state index in [2.05, 4.69) is 10.1 Å². The van der Waals surface area contributed by atoms with Gasteiger partial charge in [-0.15, -0.1) is 0 Å². The SMILES string of the molecule is Cc1nn2c(=O)/c(=C/c3ccc(-c4cccc([N+](=O)[O-])c4)o3)sc2nc1=O. The van der Waals surface area contributed by atoms with Gasteiger partial charge in [0.1, 0.15) is 21.7 Å². The Morgan fingerprint density at radius 3 is 2.85 bits per heavy atom. The quantitative estimate of drug-likeness (QED) is 0.389. The first-order chi connectivity index (χ1) is 12.9. The monoisotopic (exact) mass is 382 g/mol. The van der Waals surface area contributed by atoms with E-state index in [0.29, 0.717) is 21.6 Å². The smallest absolute Gasteiger partial charge is 0.295 e. The highest BCUT2D eigenvalue weighted by atomic mass is 32.1. The molecule has 0 fully saturated rings. The van der Waals surface area contributed by atoms with Crippen LogP contribution in [0.5, 0.6) is 0 Å². The molecule has 3 heterocycles. The number of hydrogen-bond donors (Lipinski definition) is 0. The highest BCUT2D eigenvalue weighted by Gasteiger charge is 2.11. The van der Waals surface area contributed by atoms with Gasteiger partial charge in [0.05, 0.1) is 4.92 Å². The summed E-state index contributed by atoms with van der Waals surface area (Å²) in [5, 5.41) is 14.8. The van der Waals surface area contributed by atoms with Gasteiger partial charge in [-0.2, -0.15) is 14.6 Å². The zero-order valence-electron chi connectivity index (χ0n) is 13.8. The van der Waals surface area contributed by atoms with Gasteiger partial charge in [0.2, 0.25) is 4.96 Å². The summed E-state index contributed by atoms with van der Waals surface area (Å²) in [6.07, 6.45) is 1.52. The van der Waals surface area contributed by atoms with E-state index >= 15 is 0 Å². The number of hydrogen-bond acceptors (Lipinski definition) is 8. The number of aromatic nitrogens is 3. The normalized spacial score (nSPS) is 12.0. The molecule has 4 rings (SSSR count). The Morgan fingerprint density at radius 2 is 2.07 bits per heavy atom. The summed E-state index contributed by atoms with van der Waals surface area (Å²) in [5.74, 6) is 0.819. The van der Waals surface area contributed by atoms with E-state index < -0.39 is 16.0 Å². The minimum absolute atomic E-state index is 0.0434. The van der Waals surface area contributed by atoms with Crippen LogP contribution in [0.4, 0.5) is 5.69 Å². The second kappa shape index (κ2) is 6.25.